The number of hydrogen-bond donors (Lipinski definition) is 1. The van der Waals surface area contributed by atoms with Gasteiger partial charge in [-0.05, 0) is 56.2 Å². The molecule has 1 saturated carbocycles. The van der Waals surface area contributed by atoms with E-state index in [2.05, 4.69) is 22.4 Å². The average Bonchev–Trinajstić information content (AvgIpc) is 3.39. The first-order valence-corrected chi connectivity index (χ1v) is 10.8. The Morgan fingerprint density at radius 1 is 1.34 bits per heavy atom. The molecule has 7 nitrogen and oxygen atoms in total. The van der Waals surface area contributed by atoms with Gasteiger partial charge in [-0.25, -0.2) is 9.50 Å². The molecular formula is C21H27ClN6O. The Bertz CT molecular complexity index is 1000. The maximum absolute atomic E-state index is 12.8. The van der Waals surface area contributed by atoms with E-state index in [4.69, 9.17) is 16.6 Å². The van der Waals surface area contributed by atoms with Gasteiger partial charge in [-0.1, -0.05) is 6.92 Å². The summed E-state index contributed by atoms with van der Waals surface area (Å²) in [5.74, 6) is 1.02. The number of hydrogen-bond acceptors (Lipinski definition) is 4. The molecule has 0 bridgehead atoms. The van der Waals surface area contributed by atoms with Crippen LogP contribution < -0.4 is 5.32 Å². The maximum atomic E-state index is 12.8. The lowest BCUT2D eigenvalue weighted by atomic mass is 9.69. The number of halogens is 1. The zero-order chi connectivity index (χ0) is 20.4. The SMILES string of the molecule is CCn1nccc1C(=O)NCC1(c2cn3ncc(CCl)cc3n2)CCC(C)CC1. The standard InChI is InChI=1S/C21H27ClN6O/c1-3-27-17(6-9-24-27)20(29)23-14-21(7-4-15(2)5-8-21)18-13-28-19(26-18)10-16(11-22)12-25-28/h6,9-10,12-13,15H,3-5,7-8,11,14H2,1-2H3,(H,23,29). The Balaban J connectivity index is 1.62. The van der Waals surface area contributed by atoms with Gasteiger partial charge in [-0.2, -0.15) is 10.2 Å². The summed E-state index contributed by atoms with van der Waals surface area (Å²) >= 11 is 5.95. The van der Waals surface area contributed by atoms with Crippen molar-refractivity contribution in [2.45, 2.75) is 57.4 Å². The van der Waals surface area contributed by atoms with Crippen LogP contribution in [-0.4, -0.2) is 36.8 Å². The molecule has 1 aliphatic carbocycles. The summed E-state index contributed by atoms with van der Waals surface area (Å²) in [7, 11) is 0. The van der Waals surface area contributed by atoms with E-state index in [9.17, 15) is 4.79 Å². The zero-order valence-electron chi connectivity index (χ0n) is 16.9. The largest absolute Gasteiger partial charge is 0.350 e. The van der Waals surface area contributed by atoms with Crippen molar-refractivity contribution in [2.24, 2.45) is 5.92 Å². The molecule has 0 radical (unpaired) electrons. The lowest BCUT2D eigenvalue weighted by Gasteiger charge is -2.38. The van der Waals surface area contributed by atoms with E-state index in [1.807, 2.05) is 19.2 Å². The van der Waals surface area contributed by atoms with E-state index in [0.717, 1.165) is 42.6 Å². The first-order chi connectivity index (χ1) is 14.0. The molecule has 0 aliphatic heterocycles. The van der Waals surface area contributed by atoms with Crippen LogP contribution in [-0.2, 0) is 17.8 Å². The number of aryl methyl sites for hydroxylation is 1. The van der Waals surface area contributed by atoms with Crippen LogP contribution in [0.4, 0.5) is 0 Å². The number of amides is 1. The number of carbonyl (C=O) groups is 1. The van der Waals surface area contributed by atoms with Crippen molar-refractivity contribution in [3.63, 3.8) is 0 Å². The maximum Gasteiger partial charge on any atom is 0.269 e. The van der Waals surface area contributed by atoms with Crippen molar-refractivity contribution in [1.29, 1.82) is 0 Å². The Morgan fingerprint density at radius 3 is 2.86 bits per heavy atom. The second kappa shape index (κ2) is 8.14. The molecule has 0 atom stereocenters. The van der Waals surface area contributed by atoms with Crippen molar-refractivity contribution >= 4 is 23.2 Å². The van der Waals surface area contributed by atoms with Crippen molar-refractivity contribution < 1.29 is 4.79 Å². The van der Waals surface area contributed by atoms with Crippen LogP contribution in [0.15, 0.2) is 30.7 Å². The van der Waals surface area contributed by atoms with Crippen molar-refractivity contribution in [3.05, 3.63) is 47.7 Å². The quantitative estimate of drug-likeness (QED) is 0.625. The number of rotatable bonds is 6. The van der Waals surface area contributed by atoms with Gasteiger partial charge in [0, 0.05) is 30.6 Å². The average molecular weight is 415 g/mol. The molecule has 1 fully saturated rings. The summed E-state index contributed by atoms with van der Waals surface area (Å²) in [6, 6.07) is 3.73. The Kier molecular flexibility index (Phi) is 5.58. The first kappa shape index (κ1) is 19.9. The summed E-state index contributed by atoms with van der Waals surface area (Å²) < 4.78 is 3.52. The van der Waals surface area contributed by atoms with Crippen LogP contribution in [0.1, 0.15) is 61.3 Å². The fourth-order valence-corrected chi connectivity index (χ4v) is 4.35. The van der Waals surface area contributed by atoms with Crippen LogP contribution in [0.5, 0.6) is 0 Å². The minimum absolute atomic E-state index is 0.0892. The highest BCUT2D eigenvalue weighted by Crippen LogP contribution is 2.40. The highest BCUT2D eigenvalue weighted by atomic mass is 35.5. The van der Waals surface area contributed by atoms with Gasteiger partial charge < -0.3 is 5.32 Å². The summed E-state index contributed by atoms with van der Waals surface area (Å²) in [5, 5.41) is 11.8. The summed E-state index contributed by atoms with van der Waals surface area (Å²) in [6.07, 6.45) is 9.68. The molecule has 4 rings (SSSR count). The molecule has 154 valence electrons. The van der Waals surface area contributed by atoms with E-state index in [0.29, 0.717) is 30.6 Å². The minimum Gasteiger partial charge on any atom is -0.350 e. The molecule has 3 aromatic heterocycles. The van der Waals surface area contributed by atoms with Crippen molar-refractivity contribution in [1.82, 2.24) is 29.7 Å². The molecule has 1 N–H and O–H groups in total. The number of fused-ring (bicyclic) bond motifs is 1. The number of aromatic nitrogens is 5. The molecule has 0 unspecified atom stereocenters. The van der Waals surface area contributed by atoms with E-state index in [-0.39, 0.29) is 11.3 Å². The summed E-state index contributed by atoms with van der Waals surface area (Å²) in [4.78, 5) is 17.7. The fraction of sp³-hybridized carbons (Fsp3) is 0.524. The second-order valence-corrected chi connectivity index (χ2v) is 8.37. The molecule has 3 aromatic rings. The van der Waals surface area contributed by atoms with Gasteiger partial charge >= 0.3 is 0 Å². The van der Waals surface area contributed by atoms with Gasteiger partial charge in [0.25, 0.3) is 5.91 Å². The molecule has 1 aliphatic rings. The predicted octanol–water partition coefficient (Wildman–Crippen LogP) is 3.56. The third kappa shape index (κ3) is 3.88. The van der Waals surface area contributed by atoms with Crippen molar-refractivity contribution in [3.8, 4) is 0 Å². The third-order valence-electron chi connectivity index (χ3n) is 6.14. The van der Waals surface area contributed by atoms with Crippen LogP contribution in [0.25, 0.3) is 5.65 Å². The molecule has 8 heteroatoms. The second-order valence-electron chi connectivity index (χ2n) is 8.10. The van der Waals surface area contributed by atoms with Gasteiger partial charge in [0.2, 0.25) is 0 Å². The van der Waals surface area contributed by atoms with Gasteiger partial charge in [-0.15, -0.1) is 11.6 Å². The number of nitrogens with one attached hydrogen (secondary N) is 1. The van der Waals surface area contributed by atoms with Gasteiger partial charge in [0.1, 0.15) is 5.69 Å². The molecule has 1 amide bonds. The van der Waals surface area contributed by atoms with Gasteiger partial charge in [-0.3, -0.25) is 9.48 Å². The van der Waals surface area contributed by atoms with E-state index < -0.39 is 0 Å². The van der Waals surface area contributed by atoms with Crippen molar-refractivity contribution in [2.75, 3.05) is 6.54 Å². The van der Waals surface area contributed by atoms with Gasteiger partial charge in [0.15, 0.2) is 5.65 Å². The normalized spacial score (nSPS) is 22.1. The minimum atomic E-state index is -0.186. The topological polar surface area (TPSA) is 77.1 Å². The highest BCUT2D eigenvalue weighted by molar-refractivity contribution is 6.17. The number of carbonyl (C=O) groups excluding carboxylic acids is 1. The smallest absolute Gasteiger partial charge is 0.269 e. The van der Waals surface area contributed by atoms with E-state index in [1.165, 1.54) is 0 Å². The number of nitrogens with zero attached hydrogens (tertiary/aromatic N) is 5. The van der Waals surface area contributed by atoms with E-state index >= 15 is 0 Å². The number of alkyl halides is 1. The van der Waals surface area contributed by atoms with Crippen LogP contribution >= 0.6 is 11.6 Å². The molecule has 3 heterocycles. The van der Waals surface area contributed by atoms with Crippen LogP contribution in [0, 0.1) is 5.92 Å². The zero-order valence-corrected chi connectivity index (χ0v) is 17.7. The summed E-state index contributed by atoms with van der Waals surface area (Å²) in [6.45, 7) is 5.49. The monoisotopic (exact) mass is 414 g/mol. The van der Waals surface area contributed by atoms with Crippen LogP contribution in [0.3, 0.4) is 0 Å². The first-order valence-electron chi connectivity index (χ1n) is 10.3. The fourth-order valence-electron chi connectivity index (χ4n) is 4.20. The molecule has 0 saturated heterocycles. The van der Waals surface area contributed by atoms with E-state index in [1.54, 1.807) is 27.7 Å². The Labute approximate surface area is 175 Å². The lowest BCUT2D eigenvalue weighted by molar-refractivity contribution is 0.0922. The van der Waals surface area contributed by atoms with Gasteiger partial charge in [0.05, 0.1) is 18.1 Å². The molecule has 29 heavy (non-hydrogen) atoms. The number of imidazole rings is 1. The summed E-state index contributed by atoms with van der Waals surface area (Å²) in [5.41, 5.74) is 3.15. The Hall–Kier alpha value is -2.41. The molecule has 0 aromatic carbocycles. The molecular weight excluding hydrogens is 388 g/mol. The van der Waals surface area contributed by atoms with Crippen LogP contribution in [0.2, 0.25) is 0 Å². The predicted molar refractivity (Wildman–Crippen MR) is 112 cm³/mol. The highest BCUT2D eigenvalue weighted by Gasteiger charge is 2.38. The third-order valence-corrected chi connectivity index (χ3v) is 6.45. The Morgan fingerprint density at radius 2 is 2.14 bits per heavy atom. The lowest BCUT2D eigenvalue weighted by Crippen LogP contribution is -2.43. The molecule has 0 spiro atoms.